The van der Waals surface area contributed by atoms with E-state index in [1.54, 1.807) is 14.2 Å². The molecule has 0 aliphatic heterocycles. The van der Waals surface area contributed by atoms with Crippen molar-refractivity contribution in [1.82, 2.24) is 10.6 Å². The first kappa shape index (κ1) is 17.7. The van der Waals surface area contributed by atoms with Gasteiger partial charge < -0.3 is 25.2 Å². The molecule has 1 rings (SSSR count). The monoisotopic (exact) mass is 302 g/mol. The molecule has 21 heavy (non-hydrogen) atoms. The predicted molar refractivity (Wildman–Crippen MR) is 77.2 cm³/mol. The maximum Gasteiger partial charge on any atom is 0.326 e. The van der Waals surface area contributed by atoms with Crippen molar-refractivity contribution in [2.45, 2.75) is 38.1 Å². The van der Waals surface area contributed by atoms with E-state index in [1.807, 2.05) is 0 Å². The SMILES string of the molecule is COCCCC(NC(=O)NCC1(CCOC)CC1)C(=O)O. The molecule has 7 nitrogen and oxygen atoms in total. The molecular weight excluding hydrogens is 276 g/mol. The van der Waals surface area contributed by atoms with Crippen LogP contribution in [0.4, 0.5) is 4.79 Å². The molecule has 1 atom stereocenters. The number of amides is 2. The fourth-order valence-corrected chi connectivity index (χ4v) is 2.18. The molecule has 7 heteroatoms. The highest BCUT2D eigenvalue weighted by molar-refractivity contribution is 5.82. The molecule has 0 aromatic heterocycles. The molecule has 0 saturated heterocycles. The van der Waals surface area contributed by atoms with Crippen molar-refractivity contribution in [2.24, 2.45) is 5.41 Å². The van der Waals surface area contributed by atoms with Crippen molar-refractivity contribution < 1.29 is 24.2 Å². The number of nitrogens with one attached hydrogen (secondary N) is 2. The van der Waals surface area contributed by atoms with E-state index >= 15 is 0 Å². The van der Waals surface area contributed by atoms with Gasteiger partial charge in [0.2, 0.25) is 0 Å². The molecule has 122 valence electrons. The summed E-state index contributed by atoms with van der Waals surface area (Å²) in [5.41, 5.74) is 0.141. The molecule has 0 spiro atoms. The Hall–Kier alpha value is -1.34. The normalized spacial score (nSPS) is 17.0. The molecule has 3 N–H and O–H groups in total. The fourth-order valence-electron chi connectivity index (χ4n) is 2.18. The highest BCUT2D eigenvalue weighted by Crippen LogP contribution is 2.48. The van der Waals surface area contributed by atoms with Gasteiger partial charge in [-0.25, -0.2) is 9.59 Å². The summed E-state index contributed by atoms with van der Waals surface area (Å²) >= 11 is 0. The summed E-state index contributed by atoms with van der Waals surface area (Å²) < 4.78 is 9.94. The second kappa shape index (κ2) is 8.84. The van der Waals surface area contributed by atoms with Gasteiger partial charge in [-0.05, 0) is 37.5 Å². The smallest absolute Gasteiger partial charge is 0.326 e. The molecule has 0 aromatic rings. The Balaban J connectivity index is 2.28. The van der Waals surface area contributed by atoms with E-state index in [0.717, 1.165) is 19.3 Å². The number of carboxylic acid groups (broad SMARTS) is 1. The van der Waals surface area contributed by atoms with Crippen LogP contribution < -0.4 is 10.6 Å². The first-order valence-corrected chi connectivity index (χ1v) is 7.28. The van der Waals surface area contributed by atoms with Crippen LogP contribution in [0.2, 0.25) is 0 Å². The maximum absolute atomic E-state index is 11.8. The van der Waals surface area contributed by atoms with E-state index < -0.39 is 18.0 Å². The van der Waals surface area contributed by atoms with Crippen LogP contribution in [0.25, 0.3) is 0 Å². The molecule has 1 saturated carbocycles. The first-order chi connectivity index (χ1) is 10.0. The van der Waals surface area contributed by atoms with Gasteiger partial charge in [0.1, 0.15) is 6.04 Å². The molecule has 0 bridgehead atoms. The maximum atomic E-state index is 11.8. The lowest BCUT2D eigenvalue weighted by molar-refractivity contribution is -0.139. The van der Waals surface area contributed by atoms with Crippen molar-refractivity contribution in [3.05, 3.63) is 0 Å². The van der Waals surface area contributed by atoms with Crippen LogP contribution in [0.3, 0.4) is 0 Å². The molecular formula is C14H26N2O5. The molecule has 0 aromatic carbocycles. The summed E-state index contributed by atoms with van der Waals surface area (Å²) in [6, 6.07) is -1.31. The lowest BCUT2D eigenvalue weighted by Gasteiger charge is -2.18. The largest absolute Gasteiger partial charge is 0.480 e. The van der Waals surface area contributed by atoms with Crippen molar-refractivity contribution in [2.75, 3.05) is 34.0 Å². The Morgan fingerprint density at radius 3 is 2.43 bits per heavy atom. The van der Waals surface area contributed by atoms with Gasteiger partial charge in [-0.15, -0.1) is 0 Å². The van der Waals surface area contributed by atoms with E-state index in [-0.39, 0.29) is 5.41 Å². The zero-order valence-electron chi connectivity index (χ0n) is 12.8. The van der Waals surface area contributed by atoms with Gasteiger partial charge in [0, 0.05) is 34.0 Å². The second-order valence-corrected chi connectivity index (χ2v) is 5.60. The average molecular weight is 302 g/mol. The minimum atomic E-state index is -1.03. The lowest BCUT2D eigenvalue weighted by Crippen LogP contribution is -2.47. The van der Waals surface area contributed by atoms with Crippen LogP contribution in [0.5, 0.6) is 0 Å². The number of methoxy groups -OCH3 is 2. The average Bonchev–Trinajstić information content (AvgIpc) is 3.22. The number of urea groups is 1. The van der Waals surface area contributed by atoms with Gasteiger partial charge in [0.05, 0.1) is 0 Å². The number of rotatable bonds is 11. The van der Waals surface area contributed by atoms with Gasteiger partial charge in [0.25, 0.3) is 0 Å². The van der Waals surface area contributed by atoms with Crippen molar-refractivity contribution >= 4 is 12.0 Å². The van der Waals surface area contributed by atoms with E-state index in [0.29, 0.717) is 32.6 Å². The summed E-state index contributed by atoms with van der Waals surface area (Å²) in [7, 11) is 3.22. The number of carbonyl (C=O) groups is 2. The number of hydrogen-bond donors (Lipinski definition) is 3. The predicted octanol–water partition coefficient (Wildman–Crippen LogP) is 0.982. The molecule has 0 radical (unpaired) electrons. The van der Waals surface area contributed by atoms with E-state index in [2.05, 4.69) is 10.6 Å². The lowest BCUT2D eigenvalue weighted by atomic mass is 10.0. The Bertz CT molecular complexity index is 344. The van der Waals surface area contributed by atoms with Gasteiger partial charge in [-0.2, -0.15) is 0 Å². The second-order valence-electron chi connectivity index (χ2n) is 5.60. The van der Waals surface area contributed by atoms with Gasteiger partial charge in [-0.1, -0.05) is 0 Å². The van der Waals surface area contributed by atoms with Crippen LogP contribution in [0.1, 0.15) is 32.1 Å². The van der Waals surface area contributed by atoms with E-state index in [1.165, 1.54) is 0 Å². The van der Waals surface area contributed by atoms with Crippen molar-refractivity contribution in [1.29, 1.82) is 0 Å². The summed E-state index contributed by atoms with van der Waals surface area (Å²) in [5.74, 6) is -1.03. The summed E-state index contributed by atoms with van der Waals surface area (Å²) in [6.45, 7) is 1.72. The van der Waals surface area contributed by atoms with Crippen LogP contribution >= 0.6 is 0 Å². The Morgan fingerprint density at radius 1 is 1.24 bits per heavy atom. The Labute approximate surface area is 125 Å². The highest BCUT2D eigenvalue weighted by Gasteiger charge is 2.42. The third kappa shape index (κ3) is 6.77. The molecule has 0 heterocycles. The van der Waals surface area contributed by atoms with Crippen molar-refractivity contribution in [3.63, 3.8) is 0 Å². The Kier molecular flexibility index (Phi) is 7.45. The molecule has 1 aliphatic rings. The van der Waals surface area contributed by atoms with E-state index in [9.17, 15) is 9.59 Å². The Morgan fingerprint density at radius 2 is 1.90 bits per heavy atom. The molecule has 1 unspecified atom stereocenters. The number of ether oxygens (including phenoxy) is 2. The summed E-state index contributed by atoms with van der Waals surface area (Å²) in [4.78, 5) is 22.9. The first-order valence-electron chi connectivity index (χ1n) is 7.28. The number of carboxylic acids is 1. The molecule has 1 fully saturated rings. The van der Waals surface area contributed by atoms with Crippen LogP contribution in [-0.2, 0) is 14.3 Å². The number of aliphatic carboxylic acids is 1. The standard InChI is InChI=1S/C14H26N2O5/c1-20-8-3-4-11(12(17)18)16-13(19)15-10-14(5-6-14)7-9-21-2/h11H,3-10H2,1-2H3,(H,17,18)(H2,15,16,19). The zero-order valence-corrected chi connectivity index (χ0v) is 12.8. The van der Waals surface area contributed by atoms with Crippen LogP contribution in [-0.4, -0.2) is 57.1 Å². The molecule has 2 amide bonds. The van der Waals surface area contributed by atoms with E-state index in [4.69, 9.17) is 14.6 Å². The third-order valence-electron chi connectivity index (χ3n) is 3.86. The third-order valence-corrected chi connectivity index (χ3v) is 3.86. The fraction of sp³-hybridized carbons (Fsp3) is 0.857. The highest BCUT2D eigenvalue weighted by atomic mass is 16.5. The molecule has 1 aliphatic carbocycles. The minimum Gasteiger partial charge on any atom is -0.480 e. The number of carbonyl (C=O) groups excluding carboxylic acids is 1. The summed E-state index contributed by atoms with van der Waals surface area (Å²) in [5, 5.41) is 14.3. The minimum absolute atomic E-state index is 0.141. The van der Waals surface area contributed by atoms with Crippen molar-refractivity contribution in [3.8, 4) is 0 Å². The van der Waals surface area contributed by atoms with Crippen LogP contribution in [0.15, 0.2) is 0 Å². The van der Waals surface area contributed by atoms with Gasteiger partial charge >= 0.3 is 12.0 Å². The summed E-state index contributed by atoms with van der Waals surface area (Å²) in [6.07, 6.45) is 4.01. The quantitative estimate of drug-likeness (QED) is 0.494. The number of hydrogen-bond acceptors (Lipinski definition) is 4. The van der Waals surface area contributed by atoms with Gasteiger partial charge in [-0.3, -0.25) is 0 Å². The topological polar surface area (TPSA) is 96.9 Å². The zero-order chi connectivity index (χ0) is 15.7. The van der Waals surface area contributed by atoms with Crippen LogP contribution in [0, 0.1) is 5.41 Å². The van der Waals surface area contributed by atoms with Gasteiger partial charge in [0.15, 0.2) is 0 Å².